The lowest BCUT2D eigenvalue weighted by molar-refractivity contribution is 0.494. The minimum absolute atomic E-state index is 0.739. The van der Waals surface area contributed by atoms with Crippen molar-refractivity contribution in [3.63, 3.8) is 0 Å². The molecule has 1 N–H and O–H groups in total. The summed E-state index contributed by atoms with van der Waals surface area (Å²) in [7, 11) is 1.85. The van der Waals surface area contributed by atoms with Gasteiger partial charge >= 0.3 is 0 Å². The highest BCUT2D eigenvalue weighted by molar-refractivity contribution is 7.99. The molecule has 0 spiro atoms. The lowest BCUT2D eigenvalue weighted by Gasteiger charge is -2.02. The third kappa shape index (κ3) is 4.43. The van der Waals surface area contributed by atoms with Crippen molar-refractivity contribution in [1.29, 1.82) is 0 Å². The number of furan rings is 1. The number of hydrogen-bond donors (Lipinski definition) is 1. The molecule has 120 valence electrons. The van der Waals surface area contributed by atoms with E-state index in [9.17, 15) is 0 Å². The summed E-state index contributed by atoms with van der Waals surface area (Å²) in [5, 5.41) is 15.6. The van der Waals surface area contributed by atoms with E-state index in [1.54, 1.807) is 16.4 Å². The zero-order valence-electron chi connectivity index (χ0n) is 13.0. The number of nitrogens with one attached hydrogen (secondary N) is 1. The van der Waals surface area contributed by atoms with E-state index < -0.39 is 0 Å². The number of tetrazole rings is 1. The van der Waals surface area contributed by atoms with Gasteiger partial charge in [-0.05, 0) is 35.5 Å². The summed E-state index contributed by atoms with van der Waals surface area (Å²) in [5.41, 5.74) is 1.10. The average molecular weight is 329 g/mol. The fraction of sp³-hybridized carbons (Fsp3) is 0.312. The predicted molar refractivity (Wildman–Crippen MR) is 90.0 cm³/mol. The van der Waals surface area contributed by atoms with Crippen LogP contribution in [-0.2, 0) is 13.6 Å². The van der Waals surface area contributed by atoms with Gasteiger partial charge in [-0.15, -0.1) is 5.10 Å². The SMILES string of the molecule is Cn1nnnc1SCCCNCc1ccc(-c2ccccc2)o1. The first-order chi connectivity index (χ1) is 11.3. The maximum Gasteiger partial charge on any atom is 0.209 e. The van der Waals surface area contributed by atoms with Crippen molar-refractivity contribution in [2.75, 3.05) is 12.3 Å². The molecule has 0 fully saturated rings. The molecule has 3 rings (SSSR count). The van der Waals surface area contributed by atoms with E-state index in [-0.39, 0.29) is 0 Å². The smallest absolute Gasteiger partial charge is 0.209 e. The number of aryl methyl sites for hydroxylation is 1. The normalized spacial score (nSPS) is 11.0. The first kappa shape index (κ1) is 15.8. The zero-order valence-corrected chi connectivity index (χ0v) is 13.8. The molecule has 2 aromatic heterocycles. The second-order valence-electron chi connectivity index (χ2n) is 5.10. The van der Waals surface area contributed by atoms with Crippen LogP contribution in [0.4, 0.5) is 0 Å². The Morgan fingerprint density at radius 3 is 2.83 bits per heavy atom. The van der Waals surface area contributed by atoms with Gasteiger partial charge < -0.3 is 9.73 Å². The van der Waals surface area contributed by atoms with Crippen LogP contribution in [0.25, 0.3) is 11.3 Å². The molecule has 2 heterocycles. The van der Waals surface area contributed by atoms with Crippen molar-refractivity contribution in [1.82, 2.24) is 25.5 Å². The Kier molecular flexibility index (Phi) is 5.44. The summed E-state index contributed by atoms with van der Waals surface area (Å²) < 4.78 is 7.54. The quantitative estimate of drug-likeness (QED) is 0.506. The zero-order chi connectivity index (χ0) is 15.9. The largest absolute Gasteiger partial charge is 0.460 e. The average Bonchev–Trinajstić information content (AvgIpc) is 3.21. The maximum atomic E-state index is 5.85. The lowest BCUT2D eigenvalue weighted by atomic mass is 10.2. The Labute approximate surface area is 139 Å². The predicted octanol–water partition coefficient (Wildman–Crippen LogP) is 2.74. The molecule has 1 aromatic carbocycles. The van der Waals surface area contributed by atoms with Gasteiger partial charge in [0.05, 0.1) is 6.54 Å². The van der Waals surface area contributed by atoms with Crippen LogP contribution in [0.15, 0.2) is 52.0 Å². The van der Waals surface area contributed by atoms with E-state index in [1.165, 1.54) is 0 Å². The molecule has 7 heteroatoms. The minimum atomic E-state index is 0.739. The van der Waals surface area contributed by atoms with Gasteiger partial charge in [0.2, 0.25) is 5.16 Å². The van der Waals surface area contributed by atoms with Crippen molar-refractivity contribution in [3.05, 3.63) is 48.2 Å². The van der Waals surface area contributed by atoms with E-state index in [0.29, 0.717) is 0 Å². The van der Waals surface area contributed by atoms with Gasteiger partial charge in [0.25, 0.3) is 0 Å². The number of benzene rings is 1. The molecule has 0 atom stereocenters. The Balaban J connectivity index is 1.36. The minimum Gasteiger partial charge on any atom is -0.460 e. The molecule has 0 bridgehead atoms. The number of thioether (sulfide) groups is 1. The Bertz CT molecular complexity index is 725. The van der Waals surface area contributed by atoms with E-state index in [1.807, 2.05) is 37.4 Å². The van der Waals surface area contributed by atoms with E-state index in [0.717, 1.165) is 47.5 Å². The van der Waals surface area contributed by atoms with Crippen molar-refractivity contribution in [2.24, 2.45) is 7.05 Å². The van der Waals surface area contributed by atoms with Crippen LogP contribution in [-0.4, -0.2) is 32.5 Å². The Morgan fingerprint density at radius 1 is 1.17 bits per heavy atom. The summed E-state index contributed by atoms with van der Waals surface area (Å²) in [6.07, 6.45) is 1.05. The number of hydrogen-bond acceptors (Lipinski definition) is 6. The standard InChI is InChI=1S/C16H19N5OS/c1-21-16(18-19-20-21)23-11-5-10-17-12-14-8-9-15(22-14)13-6-3-2-4-7-13/h2-4,6-9,17H,5,10-12H2,1H3. The van der Waals surface area contributed by atoms with Crippen LogP contribution in [0.2, 0.25) is 0 Å². The highest BCUT2D eigenvalue weighted by atomic mass is 32.2. The maximum absolute atomic E-state index is 5.85. The van der Waals surface area contributed by atoms with Crippen LogP contribution in [0.5, 0.6) is 0 Å². The lowest BCUT2D eigenvalue weighted by Crippen LogP contribution is -2.14. The molecule has 0 saturated heterocycles. The first-order valence-electron chi connectivity index (χ1n) is 7.53. The van der Waals surface area contributed by atoms with Gasteiger partial charge in [-0.2, -0.15) is 0 Å². The van der Waals surface area contributed by atoms with E-state index in [4.69, 9.17) is 4.42 Å². The molecular weight excluding hydrogens is 310 g/mol. The molecule has 23 heavy (non-hydrogen) atoms. The van der Waals surface area contributed by atoms with Crippen molar-refractivity contribution >= 4 is 11.8 Å². The van der Waals surface area contributed by atoms with E-state index >= 15 is 0 Å². The highest BCUT2D eigenvalue weighted by Gasteiger charge is 2.04. The summed E-state index contributed by atoms with van der Waals surface area (Å²) in [6.45, 7) is 1.67. The third-order valence-electron chi connectivity index (χ3n) is 3.33. The summed E-state index contributed by atoms with van der Waals surface area (Å²) >= 11 is 1.66. The Hall–Kier alpha value is -2.12. The van der Waals surface area contributed by atoms with Gasteiger partial charge in [-0.25, -0.2) is 4.68 Å². The third-order valence-corrected chi connectivity index (χ3v) is 4.43. The second kappa shape index (κ2) is 7.94. The van der Waals surface area contributed by atoms with E-state index in [2.05, 4.69) is 33.0 Å². The van der Waals surface area contributed by atoms with Crippen LogP contribution < -0.4 is 5.32 Å². The van der Waals surface area contributed by atoms with Crippen LogP contribution in [0, 0.1) is 0 Å². The van der Waals surface area contributed by atoms with Crippen LogP contribution >= 0.6 is 11.8 Å². The summed E-state index contributed by atoms with van der Waals surface area (Å²) in [4.78, 5) is 0. The molecule has 0 amide bonds. The fourth-order valence-corrected chi connectivity index (χ4v) is 2.94. The monoisotopic (exact) mass is 329 g/mol. The van der Waals surface area contributed by atoms with Crippen molar-refractivity contribution in [3.8, 4) is 11.3 Å². The van der Waals surface area contributed by atoms with Crippen molar-refractivity contribution < 1.29 is 4.42 Å². The molecule has 6 nitrogen and oxygen atoms in total. The molecule has 0 aliphatic carbocycles. The molecule has 0 aliphatic rings. The number of aromatic nitrogens is 4. The van der Waals surface area contributed by atoms with Crippen LogP contribution in [0.3, 0.4) is 0 Å². The fourth-order valence-electron chi connectivity index (χ4n) is 2.15. The molecule has 0 unspecified atom stereocenters. The van der Waals surface area contributed by atoms with Gasteiger partial charge in [0.15, 0.2) is 0 Å². The number of nitrogens with zero attached hydrogens (tertiary/aromatic N) is 4. The van der Waals surface area contributed by atoms with Gasteiger partial charge in [-0.1, -0.05) is 42.1 Å². The molecular formula is C16H19N5OS. The highest BCUT2D eigenvalue weighted by Crippen LogP contribution is 2.21. The topological polar surface area (TPSA) is 68.8 Å². The summed E-state index contributed by atoms with van der Waals surface area (Å²) in [5.74, 6) is 2.84. The number of rotatable bonds is 8. The van der Waals surface area contributed by atoms with Gasteiger partial charge in [-0.3, -0.25) is 0 Å². The Morgan fingerprint density at radius 2 is 2.04 bits per heavy atom. The van der Waals surface area contributed by atoms with Crippen LogP contribution in [0.1, 0.15) is 12.2 Å². The second-order valence-corrected chi connectivity index (χ2v) is 6.16. The first-order valence-corrected chi connectivity index (χ1v) is 8.51. The molecule has 0 aliphatic heterocycles. The summed E-state index contributed by atoms with van der Waals surface area (Å²) in [6, 6.07) is 14.2. The molecule has 3 aromatic rings. The molecule has 0 saturated carbocycles. The van der Waals surface area contributed by atoms with Gasteiger partial charge in [0, 0.05) is 18.4 Å². The van der Waals surface area contributed by atoms with Crippen molar-refractivity contribution in [2.45, 2.75) is 18.1 Å². The molecule has 0 radical (unpaired) electrons. The van der Waals surface area contributed by atoms with Gasteiger partial charge in [0.1, 0.15) is 11.5 Å².